The van der Waals surface area contributed by atoms with Gasteiger partial charge in [-0.15, -0.1) is 0 Å². The Morgan fingerprint density at radius 2 is 1.74 bits per heavy atom. The summed E-state index contributed by atoms with van der Waals surface area (Å²) < 4.78 is 0. The second-order valence-corrected chi connectivity index (χ2v) is 12.7. The summed E-state index contributed by atoms with van der Waals surface area (Å²) in [5.41, 5.74) is -0.217. The molecule has 7 nitrogen and oxygen atoms in total. The number of aliphatic carboxylic acids is 1. The standard InChI is InChI=1S/C27H45NO6/c1-15(5-8-23(32)28(4)14-24(33)34)18-6-7-19-25-20(13-22(31)27(18,19)3)26(2)10-9-17(29)11-16(26)12-21(25)30/h15-22,25,29-31H,5-14H2,1-4H3,(H,33,34)/t15-,16+,17-,18-,19+,20+,21-,22+,25+,26-,27-/m1/s1. The first-order valence-electron chi connectivity index (χ1n) is 13.4. The van der Waals surface area contributed by atoms with Crippen LogP contribution in [0, 0.1) is 46.3 Å². The van der Waals surface area contributed by atoms with E-state index in [-0.39, 0.29) is 65.1 Å². The molecule has 0 aromatic rings. The maximum absolute atomic E-state index is 12.4. The van der Waals surface area contributed by atoms with Crippen molar-refractivity contribution in [1.29, 1.82) is 0 Å². The van der Waals surface area contributed by atoms with Crippen molar-refractivity contribution >= 4 is 11.9 Å². The van der Waals surface area contributed by atoms with E-state index in [0.29, 0.717) is 25.2 Å². The third-order valence-electron chi connectivity index (χ3n) is 11.1. The second kappa shape index (κ2) is 9.36. The second-order valence-electron chi connectivity index (χ2n) is 12.7. The van der Waals surface area contributed by atoms with E-state index in [1.807, 2.05) is 0 Å². The average molecular weight is 480 g/mol. The van der Waals surface area contributed by atoms with Gasteiger partial charge in [0.25, 0.3) is 0 Å². The van der Waals surface area contributed by atoms with E-state index < -0.39 is 12.1 Å². The molecule has 0 unspecified atom stereocenters. The normalized spacial score (nSPS) is 46.7. The first kappa shape index (κ1) is 25.9. The van der Waals surface area contributed by atoms with Gasteiger partial charge < -0.3 is 25.3 Å². The van der Waals surface area contributed by atoms with Crippen molar-refractivity contribution in [1.82, 2.24) is 4.90 Å². The van der Waals surface area contributed by atoms with Crippen molar-refractivity contribution in [3.63, 3.8) is 0 Å². The van der Waals surface area contributed by atoms with Crippen molar-refractivity contribution in [2.45, 2.75) is 96.9 Å². The van der Waals surface area contributed by atoms with Gasteiger partial charge in [0.05, 0.1) is 18.3 Å². The Morgan fingerprint density at radius 1 is 1.03 bits per heavy atom. The molecule has 4 aliphatic carbocycles. The highest BCUT2D eigenvalue weighted by Crippen LogP contribution is 2.68. The minimum atomic E-state index is -1.01. The van der Waals surface area contributed by atoms with Crippen molar-refractivity contribution in [2.24, 2.45) is 46.3 Å². The molecule has 0 saturated heterocycles. The lowest BCUT2D eigenvalue weighted by atomic mass is 9.43. The highest BCUT2D eigenvalue weighted by Gasteiger charge is 2.65. The van der Waals surface area contributed by atoms with Crippen LogP contribution in [0.3, 0.4) is 0 Å². The minimum absolute atomic E-state index is 0.0658. The van der Waals surface area contributed by atoms with Gasteiger partial charge in [0.15, 0.2) is 0 Å². The lowest BCUT2D eigenvalue weighted by Gasteiger charge is -2.63. The van der Waals surface area contributed by atoms with Gasteiger partial charge in [-0.3, -0.25) is 9.59 Å². The summed E-state index contributed by atoms with van der Waals surface area (Å²) in [5.74, 6) is 0.387. The van der Waals surface area contributed by atoms with E-state index in [4.69, 9.17) is 5.11 Å². The van der Waals surface area contributed by atoms with Gasteiger partial charge in [-0.1, -0.05) is 20.8 Å². The molecule has 0 aliphatic heterocycles. The van der Waals surface area contributed by atoms with Crippen molar-refractivity contribution in [3.05, 3.63) is 0 Å². The number of carbonyl (C=O) groups excluding carboxylic acids is 1. The zero-order valence-electron chi connectivity index (χ0n) is 21.3. The largest absolute Gasteiger partial charge is 0.480 e. The van der Waals surface area contributed by atoms with Crippen LogP contribution in [0.1, 0.15) is 78.6 Å². The van der Waals surface area contributed by atoms with E-state index in [2.05, 4.69) is 20.8 Å². The maximum Gasteiger partial charge on any atom is 0.323 e. The third-order valence-corrected chi connectivity index (χ3v) is 11.1. The molecule has 4 rings (SSSR count). The molecular formula is C27H45NO6. The van der Waals surface area contributed by atoms with E-state index >= 15 is 0 Å². The number of hydrogen-bond donors (Lipinski definition) is 4. The molecular weight excluding hydrogens is 434 g/mol. The van der Waals surface area contributed by atoms with Crippen LogP contribution in [-0.4, -0.2) is 69.1 Å². The summed E-state index contributed by atoms with van der Waals surface area (Å²) in [5, 5.41) is 42.2. The van der Waals surface area contributed by atoms with Crippen LogP contribution in [0.4, 0.5) is 0 Å². The Bertz CT molecular complexity index is 789. The van der Waals surface area contributed by atoms with Gasteiger partial charge in [0, 0.05) is 13.5 Å². The summed E-state index contributed by atoms with van der Waals surface area (Å²) in [4.78, 5) is 24.6. The molecule has 4 N–H and O–H groups in total. The van der Waals surface area contributed by atoms with Crippen LogP contribution in [0.15, 0.2) is 0 Å². The number of likely N-dealkylation sites (N-methyl/N-ethyl adjacent to an activating group) is 1. The molecule has 34 heavy (non-hydrogen) atoms. The summed E-state index contributed by atoms with van der Waals surface area (Å²) >= 11 is 0. The number of aliphatic hydroxyl groups excluding tert-OH is 3. The number of rotatable bonds is 6. The first-order chi connectivity index (χ1) is 15.9. The first-order valence-corrected chi connectivity index (χ1v) is 13.4. The molecule has 0 radical (unpaired) electrons. The van der Waals surface area contributed by atoms with Crippen LogP contribution in [-0.2, 0) is 9.59 Å². The summed E-state index contributed by atoms with van der Waals surface area (Å²) in [6.07, 6.45) is 5.90. The van der Waals surface area contributed by atoms with Gasteiger partial charge in [0.1, 0.15) is 6.54 Å². The number of fused-ring (bicyclic) bond motifs is 5. The predicted molar refractivity (Wildman–Crippen MR) is 128 cm³/mol. The molecule has 0 bridgehead atoms. The molecule has 1 amide bonds. The minimum Gasteiger partial charge on any atom is -0.480 e. The van der Waals surface area contributed by atoms with Crippen molar-refractivity contribution in [2.75, 3.05) is 13.6 Å². The Morgan fingerprint density at radius 3 is 2.41 bits per heavy atom. The highest BCUT2D eigenvalue weighted by molar-refractivity contribution is 5.80. The fourth-order valence-corrected chi connectivity index (χ4v) is 9.17. The quantitative estimate of drug-likeness (QED) is 0.465. The van der Waals surface area contributed by atoms with Crippen LogP contribution >= 0.6 is 0 Å². The lowest BCUT2D eigenvalue weighted by Crippen LogP contribution is -2.62. The molecule has 4 aliphatic rings. The van der Waals surface area contributed by atoms with E-state index in [0.717, 1.165) is 38.5 Å². The Hall–Kier alpha value is -1.18. The van der Waals surface area contributed by atoms with Gasteiger partial charge in [-0.25, -0.2) is 0 Å². The fourth-order valence-electron chi connectivity index (χ4n) is 9.17. The zero-order chi connectivity index (χ0) is 25.0. The maximum atomic E-state index is 12.4. The van der Waals surface area contributed by atoms with Gasteiger partial charge in [0.2, 0.25) is 5.91 Å². The van der Waals surface area contributed by atoms with Gasteiger partial charge >= 0.3 is 5.97 Å². The number of hydrogen-bond acceptors (Lipinski definition) is 5. The molecule has 0 aromatic heterocycles. The molecule has 4 fully saturated rings. The SMILES string of the molecule is C[C@H](CCC(=O)N(C)CC(=O)O)[C@H]1CC[C@H]2[C@@H]3[C@H](O)C[C@@H]4C[C@H](O)CC[C@@]4(C)[C@H]3C[C@H](O)[C@]12C. The zero-order valence-corrected chi connectivity index (χ0v) is 21.3. The number of carboxylic acid groups (broad SMARTS) is 1. The van der Waals surface area contributed by atoms with E-state index in [9.17, 15) is 24.9 Å². The van der Waals surface area contributed by atoms with Crippen LogP contribution in [0.2, 0.25) is 0 Å². The van der Waals surface area contributed by atoms with Gasteiger partial charge in [-0.05, 0) is 97.7 Å². The van der Waals surface area contributed by atoms with E-state index in [1.165, 1.54) is 11.9 Å². The molecule has 7 heteroatoms. The Labute approximate surface area is 203 Å². The monoisotopic (exact) mass is 479 g/mol. The summed E-state index contributed by atoms with van der Waals surface area (Å²) in [6, 6.07) is 0. The number of carboxylic acids is 1. The highest BCUT2D eigenvalue weighted by atomic mass is 16.4. The van der Waals surface area contributed by atoms with Gasteiger partial charge in [-0.2, -0.15) is 0 Å². The molecule has 4 saturated carbocycles. The number of amides is 1. The van der Waals surface area contributed by atoms with Crippen molar-refractivity contribution < 1.29 is 30.0 Å². The van der Waals surface area contributed by atoms with Crippen LogP contribution in [0.5, 0.6) is 0 Å². The molecule has 0 spiro atoms. The molecule has 0 aromatic carbocycles. The summed E-state index contributed by atoms with van der Waals surface area (Å²) in [6.45, 7) is 6.44. The Kier molecular flexibility index (Phi) is 7.13. The predicted octanol–water partition coefficient (Wildman–Crippen LogP) is 2.91. The molecule has 0 heterocycles. The van der Waals surface area contributed by atoms with E-state index in [1.54, 1.807) is 0 Å². The van der Waals surface area contributed by atoms with Crippen LogP contribution in [0.25, 0.3) is 0 Å². The average Bonchev–Trinajstić information content (AvgIpc) is 3.12. The molecule has 11 atom stereocenters. The summed E-state index contributed by atoms with van der Waals surface area (Å²) in [7, 11) is 1.53. The number of nitrogens with zero attached hydrogens (tertiary/aromatic N) is 1. The fraction of sp³-hybridized carbons (Fsp3) is 0.926. The Balaban J connectivity index is 1.49. The van der Waals surface area contributed by atoms with Crippen LogP contribution < -0.4 is 0 Å². The lowest BCUT2D eigenvalue weighted by molar-refractivity contribution is -0.207. The smallest absolute Gasteiger partial charge is 0.323 e. The topological polar surface area (TPSA) is 118 Å². The number of carbonyl (C=O) groups is 2. The molecule has 194 valence electrons. The van der Waals surface area contributed by atoms with Crippen molar-refractivity contribution in [3.8, 4) is 0 Å². The third kappa shape index (κ3) is 4.20. The number of aliphatic hydroxyl groups is 3.